The van der Waals surface area contributed by atoms with Gasteiger partial charge in [0.25, 0.3) is 0 Å². The minimum atomic E-state index is -0.0129. The van der Waals surface area contributed by atoms with E-state index in [0.717, 1.165) is 15.8 Å². The SMILES string of the molecule is Cc1ccc(Oc2ccc(Br)cc2C(=N)N)c(C)c1. The average molecular weight is 319 g/mol. The first-order valence-electron chi connectivity index (χ1n) is 5.86. The van der Waals surface area contributed by atoms with Crippen molar-refractivity contribution in [1.82, 2.24) is 0 Å². The van der Waals surface area contributed by atoms with E-state index >= 15 is 0 Å². The Labute approximate surface area is 121 Å². The number of halogens is 1. The summed E-state index contributed by atoms with van der Waals surface area (Å²) in [6, 6.07) is 11.4. The highest BCUT2D eigenvalue weighted by molar-refractivity contribution is 9.10. The Hall–Kier alpha value is -1.81. The summed E-state index contributed by atoms with van der Waals surface area (Å²) in [5.41, 5.74) is 8.40. The minimum Gasteiger partial charge on any atom is -0.456 e. The highest BCUT2D eigenvalue weighted by atomic mass is 79.9. The highest BCUT2D eigenvalue weighted by Gasteiger charge is 2.10. The molecule has 0 heterocycles. The van der Waals surface area contributed by atoms with Gasteiger partial charge in [-0.3, -0.25) is 5.41 Å². The summed E-state index contributed by atoms with van der Waals surface area (Å²) in [7, 11) is 0. The van der Waals surface area contributed by atoms with Crippen LogP contribution in [0.5, 0.6) is 11.5 Å². The van der Waals surface area contributed by atoms with Crippen LogP contribution < -0.4 is 10.5 Å². The summed E-state index contributed by atoms with van der Waals surface area (Å²) in [5, 5.41) is 7.60. The molecule has 2 aromatic carbocycles. The summed E-state index contributed by atoms with van der Waals surface area (Å²) in [5.74, 6) is 1.35. The van der Waals surface area contributed by atoms with E-state index in [0.29, 0.717) is 11.3 Å². The van der Waals surface area contributed by atoms with E-state index in [9.17, 15) is 0 Å². The van der Waals surface area contributed by atoms with Crippen LogP contribution in [0.1, 0.15) is 16.7 Å². The van der Waals surface area contributed by atoms with Crippen LogP contribution in [-0.4, -0.2) is 5.84 Å². The van der Waals surface area contributed by atoms with Gasteiger partial charge in [0.2, 0.25) is 0 Å². The Morgan fingerprint density at radius 1 is 1.11 bits per heavy atom. The third-order valence-electron chi connectivity index (χ3n) is 2.78. The average Bonchev–Trinajstić information content (AvgIpc) is 2.34. The molecule has 0 aliphatic rings. The number of rotatable bonds is 3. The molecule has 0 aliphatic heterocycles. The standard InChI is InChI=1S/C15H15BrN2O/c1-9-3-5-13(10(2)7-9)19-14-6-4-11(16)8-12(14)15(17)18/h3-8H,1-2H3,(H3,17,18). The zero-order chi connectivity index (χ0) is 14.0. The van der Waals surface area contributed by atoms with E-state index in [2.05, 4.69) is 22.0 Å². The van der Waals surface area contributed by atoms with Crippen molar-refractivity contribution in [2.45, 2.75) is 13.8 Å². The maximum Gasteiger partial charge on any atom is 0.138 e. The molecule has 4 heteroatoms. The molecule has 3 nitrogen and oxygen atoms in total. The van der Waals surface area contributed by atoms with Gasteiger partial charge in [0, 0.05) is 4.47 Å². The van der Waals surface area contributed by atoms with E-state index in [1.54, 1.807) is 12.1 Å². The number of amidine groups is 1. The molecule has 3 N–H and O–H groups in total. The highest BCUT2D eigenvalue weighted by Crippen LogP contribution is 2.30. The molecule has 0 fully saturated rings. The molecule has 19 heavy (non-hydrogen) atoms. The van der Waals surface area contributed by atoms with Crippen LogP contribution >= 0.6 is 15.9 Å². The summed E-state index contributed by atoms with van der Waals surface area (Å²) in [4.78, 5) is 0. The molecule has 2 aromatic rings. The molecule has 0 aromatic heterocycles. The van der Waals surface area contributed by atoms with Gasteiger partial charge in [-0.15, -0.1) is 0 Å². The zero-order valence-electron chi connectivity index (χ0n) is 10.8. The molecule has 0 bridgehead atoms. The second kappa shape index (κ2) is 5.45. The largest absolute Gasteiger partial charge is 0.456 e. The van der Waals surface area contributed by atoms with Crippen molar-refractivity contribution in [3.8, 4) is 11.5 Å². The van der Waals surface area contributed by atoms with Crippen LogP contribution in [0.3, 0.4) is 0 Å². The van der Waals surface area contributed by atoms with E-state index in [-0.39, 0.29) is 5.84 Å². The number of hydrogen-bond donors (Lipinski definition) is 2. The predicted octanol–water partition coefficient (Wildman–Crippen LogP) is 4.14. The molecule has 0 saturated carbocycles. The van der Waals surface area contributed by atoms with Crippen molar-refractivity contribution in [2.24, 2.45) is 5.73 Å². The number of aryl methyl sites for hydroxylation is 2. The van der Waals surface area contributed by atoms with Gasteiger partial charge < -0.3 is 10.5 Å². The van der Waals surface area contributed by atoms with Crippen LogP contribution in [-0.2, 0) is 0 Å². The fourth-order valence-electron chi connectivity index (χ4n) is 1.83. The molecule has 0 unspecified atom stereocenters. The van der Waals surface area contributed by atoms with E-state index in [1.807, 2.05) is 32.0 Å². The lowest BCUT2D eigenvalue weighted by atomic mass is 10.1. The smallest absolute Gasteiger partial charge is 0.138 e. The Balaban J connectivity index is 2.40. The van der Waals surface area contributed by atoms with Crippen molar-refractivity contribution in [1.29, 1.82) is 5.41 Å². The van der Waals surface area contributed by atoms with E-state index in [4.69, 9.17) is 15.9 Å². The Morgan fingerprint density at radius 2 is 1.79 bits per heavy atom. The first kappa shape index (κ1) is 13.6. The summed E-state index contributed by atoms with van der Waals surface area (Å²) in [6.07, 6.45) is 0. The van der Waals surface area contributed by atoms with Crippen LogP contribution in [0.15, 0.2) is 40.9 Å². The van der Waals surface area contributed by atoms with Crippen molar-refractivity contribution in [3.05, 3.63) is 57.6 Å². The number of nitrogens with two attached hydrogens (primary N) is 1. The number of hydrogen-bond acceptors (Lipinski definition) is 2. The van der Waals surface area contributed by atoms with Gasteiger partial charge in [-0.2, -0.15) is 0 Å². The molecule has 0 aliphatic carbocycles. The van der Waals surface area contributed by atoms with Gasteiger partial charge >= 0.3 is 0 Å². The normalized spacial score (nSPS) is 10.3. The number of nitrogens with one attached hydrogen (secondary N) is 1. The van der Waals surface area contributed by atoms with E-state index in [1.165, 1.54) is 5.56 Å². The summed E-state index contributed by atoms with van der Waals surface area (Å²) >= 11 is 3.37. The quantitative estimate of drug-likeness (QED) is 0.660. The van der Waals surface area contributed by atoms with Gasteiger partial charge in [-0.05, 0) is 43.7 Å². The zero-order valence-corrected chi connectivity index (χ0v) is 12.4. The first-order valence-corrected chi connectivity index (χ1v) is 6.65. The molecule has 2 rings (SSSR count). The lowest BCUT2D eigenvalue weighted by Gasteiger charge is -2.13. The maximum atomic E-state index is 7.60. The van der Waals surface area contributed by atoms with Gasteiger partial charge in [-0.25, -0.2) is 0 Å². The molecule has 0 radical (unpaired) electrons. The van der Waals surface area contributed by atoms with Crippen LogP contribution in [0.25, 0.3) is 0 Å². The number of ether oxygens (including phenoxy) is 1. The third kappa shape index (κ3) is 3.15. The maximum absolute atomic E-state index is 7.60. The number of nitrogen functional groups attached to an aromatic ring is 1. The topological polar surface area (TPSA) is 59.1 Å². The summed E-state index contributed by atoms with van der Waals surface area (Å²) in [6.45, 7) is 4.03. The molecule has 0 atom stereocenters. The van der Waals surface area contributed by atoms with Crippen molar-refractivity contribution < 1.29 is 4.74 Å². The Bertz CT molecular complexity index is 638. The third-order valence-corrected chi connectivity index (χ3v) is 3.28. The second-order valence-electron chi connectivity index (χ2n) is 4.43. The van der Waals surface area contributed by atoms with E-state index < -0.39 is 0 Å². The second-order valence-corrected chi connectivity index (χ2v) is 5.34. The minimum absolute atomic E-state index is 0.0129. The van der Waals surface area contributed by atoms with Gasteiger partial charge in [0.1, 0.15) is 17.3 Å². The molecule has 0 saturated heterocycles. The molecular formula is C15H15BrN2O. The monoisotopic (exact) mass is 318 g/mol. The predicted molar refractivity (Wildman–Crippen MR) is 81.1 cm³/mol. The Kier molecular flexibility index (Phi) is 3.90. The fourth-order valence-corrected chi connectivity index (χ4v) is 2.20. The lowest BCUT2D eigenvalue weighted by Crippen LogP contribution is -2.12. The van der Waals surface area contributed by atoms with Crippen molar-refractivity contribution in [3.63, 3.8) is 0 Å². The van der Waals surface area contributed by atoms with Gasteiger partial charge in [0.15, 0.2) is 0 Å². The number of benzene rings is 2. The summed E-state index contributed by atoms with van der Waals surface area (Å²) < 4.78 is 6.74. The first-order chi connectivity index (χ1) is 8.97. The van der Waals surface area contributed by atoms with Crippen molar-refractivity contribution in [2.75, 3.05) is 0 Å². The van der Waals surface area contributed by atoms with Crippen LogP contribution in [0, 0.1) is 19.3 Å². The van der Waals surface area contributed by atoms with Gasteiger partial charge in [-0.1, -0.05) is 33.6 Å². The molecule has 98 valence electrons. The van der Waals surface area contributed by atoms with Gasteiger partial charge in [0.05, 0.1) is 5.56 Å². The fraction of sp³-hybridized carbons (Fsp3) is 0.133. The van der Waals surface area contributed by atoms with Crippen LogP contribution in [0.4, 0.5) is 0 Å². The Morgan fingerprint density at radius 3 is 2.42 bits per heavy atom. The molecule has 0 amide bonds. The molecular weight excluding hydrogens is 304 g/mol. The molecule has 0 spiro atoms. The van der Waals surface area contributed by atoms with Crippen LogP contribution in [0.2, 0.25) is 0 Å². The lowest BCUT2D eigenvalue weighted by molar-refractivity contribution is 0.477. The van der Waals surface area contributed by atoms with Crippen molar-refractivity contribution >= 4 is 21.8 Å².